The van der Waals surface area contributed by atoms with Gasteiger partial charge < -0.3 is 11.1 Å². The molecule has 5 heteroatoms. The Bertz CT molecular complexity index is 486. The first-order valence-corrected chi connectivity index (χ1v) is 5.41. The summed E-state index contributed by atoms with van der Waals surface area (Å²) >= 11 is 0. The highest BCUT2D eigenvalue weighted by Crippen LogP contribution is 2.08. The summed E-state index contributed by atoms with van der Waals surface area (Å²) < 4.78 is 13.4. The van der Waals surface area contributed by atoms with Gasteiger partial charge in [-0.05, 0) is 25.5 Å². The Morgan fingerprint density at radius 1 is 1.44 bits per heavy atom. The number of halogens is 1. The lowest BCUT2D eigenvalue weighted by Crippen LogP contribution is -2.44. The minimum atomic E-state index is -0.880. The van der Waals surface area contributed by atoms with Gasteiger partial charge in [-0.3, -0.25) is 9.59 Å². The van der Waals surface area contributed by atoms with Crippen LogP contribution in [0.4, 0.5) is 4.39 Å². The molecule has 1 rings (SSSR count). The molecule has 1 aromatic carbocycles. The number of rotatable bonds is 5. The van der Waals surface area contributed by atoms with E-state index in [9.17, 15) is 14.0 Å². The second-order valence-electron chi connectivity index (χ2n) is 4.07. The Morgan fingerprint density at radius 2 is 2.06 bits per heavy atom. The largest absolute Gasteiger partial charge is 0.368 e. The maximum Gasteiger partial charge on any atom is 0.254 e. The van der Waals surface area contributed by atoms with E-state index in [0.717, 1.165) is 0 Å². The summed E-state index contributed by atoms with van der Waals surface area (Å²) in [6, 6.07) is 4.65. The van der Waals surface area contributed by atoms with E-state index in [2.05, 4.69) is 11.9 Å². The molecule has 0 aliphatic rings. The molecule has 0 fully saturated rings. The molecule has 4 nitrogen and oxygen atoms in total. The molecule has 1 aromatic rings. The second-order valence-corrected chi connectivity index (χ2v) is 4.07. The number of nitrogens with one attached hydrogen (secondary N) is 1. The zero-order chi connectivity index (χ0) is 13.7. The Balaban J connectivity index is 2.82. The molecule has 0 aromatic heterocycles. The summed E-state index contributed by atoms with van der Waals surface area (Å²) in [5.74, 6) is -1.99. The minimum Gasteiger partial charge on any atom is -0.368 e. The van der Waals surface area contributed by atoms with Crippen molar-refractivity contribution in [2.45, 2.75) is 19.4 Å². The third-order valence-electron chi connectivity index (χ3n) is 2.32. The zero-order valence-corrected chi connectivity index (χ0v) is 10.1. The minimum absolute atomic E-state index is 0.120. The molecule has 0 saturated heterocycles. The third-order valence-corrected chi connectivity index (χ3v) is 2.32. The van der Waals surface area contributed by atoms with Crippen molar-refractivity contribution < 1.29 is 14.0 Å². The number of hydrogen-bond acceptors (Lipinski definition) is 2. The average Bonchev–Trinajstić information content (AvgIpc) is 2.27. The Kier molecular flexibility index (Phi) is 4.59. The van der Waals surface area contributed by atoms with Crippen molar-refractivity contribution in [1.29, 1.82) is 0 Å². The van der Waals surface area contributed by atoms with Gasteiger partial charge in [0.1, 0.15) is 11.9 Å². The van der Waals surface area contributed by atoms with Crippen molar-refractivity contribution in [3.05, 3.63) is 47.8 Å². The van der Waals surface area contributed by atoms with Crippen LogP contribution in [0.5, 0.6) is 0 Å². The summed E-state index contributed by atoms with van der Waals surface area (Å²) in [5, 5.41) is 2.39. The molecule has 0 unspecified atom stereocenters. The van der Waals surface area contributed by atoms with Crippen molar-refractivity contribution >= 4 is 11.8 Å². The standard InChI is InChI=1S/C13H15FN2O2/c1-8(2)7-11(12(15)17)16-13(18)9-5-3-4-6-10(9)14/h3-6,11H,1,7H2,2H3,(H2,15,17)(H,16,18)/t11-/m0/s1. The SMILES string of the molecule is C=C(C)C[C@H](NC(=O)c1ccccc1F)C(N)=O. The summed E-state index contributed by atoms with van der Waals surface area (Å²) in [4.78, 5) is 22.9. The van der Waals surface area contributed by atoms with Gasteiger partial charge in [0, 0.05) is 0 Å². The van der Waals surface area contributed by atoms with E-state index in [1.165, 1.54) is 24.3 Å². The Morgan fingerprint density at radius 3 is 2.56 bits per heavy atom. The summed E-state index contributed by atoms with van der Waals surface area (Å²) in [7, 11) is 0. The van der Waals surface area contributed by atoms with Crippen molar-refractivity contribution in [2.75, 3.05) is 0 Å². The van der Waals surface area contributed by atoms with Crippen LogP contribution >= 0.6 is 0 Å². The van der Waals surface area contributed by atoms with Crippen LogP contribution in [0.15, 0.2) is 36.4 Å². The Labute approximate surface area is 105 Å². The van der Waals surface area contributed by atoms with E-state index in [1.807, 2.05) is 0 Å². The molecule has 0 bridgehead atoms. The molecular weight excluding hydrogens is 235 g/mol. The predicted octanol–water partition coefficient (Wildman–Crippen LogP) is 1.38. The average molecular weight is 250 g/mol. The van der Waals surface area contributed by atoms with Gasteiger partial charge in [-0.1, -0.05) is 17.7 Å². The first kappa shape index (κ1) is 13.9. The molecule has 96 valence electrons. The highest BCUT2D eigenvalue weighted by Gasteiger charge is 2.20. The fourth-order valence-electron chi connectivity index (χ4n) is 1.45. The van der Waals surface area contributed by atoms with Crippen LogP contribution < -0.4 is 11.1 Å². The second kappa shape index (κ2) is 5.95. The Hall–Kier alpha value is -2.17. The van der Waals surface area contributed by atoms with Crippen LogP contribution in [0.25, 0.3) is 0 Å². The molecule has 0 aliphatic heterocycles. The maximum absolute atomic E-state index is 13.4. The van der Waals surface area contributed by atoms with Crippen LogP contribution in [0.1, 0.15) is 23.7 Å². The number of carbonyl (C=O) groups is 2. The van der Waals surface area contributed by atoms with Gasteiger partial charge >= 0.3 is 0 Å². The number of carbonyl (C=O) groups excluding carboxylic acids is 2. The number of nitrogens with two attached hydrogens (primary N) is 1. The third kappa shape index (κ3) is 3.69. The smallest absolute Gasteiger partial charge is 0.254 e. The van der Waals surface area contributed by atoms with E-state index in [-0.39, 0.29) is 12.0 Å². The van der Waals surface area contributed by atoms with Gasteiger partial charge in [0.05, 0.1) is 5.56 Å². The first-order chi connectivity index (χ1) is 8.41. The molecule has 1 atom stereocenters. The van der Waals surface area contributed by atoms with Gasteiger partial charge in [-0.15, -0.1) is 6.58 Å². The zero-order valence-electron chi connectivity index (χ0n) is 10.1. The van der Waals surface area contributed by atoms with Crippen molar-refractivity contribution in [3.8, 4) is 0 Å². The molecule has 0 heterocycles. The van der Waals surface area contributed by atoms with Crippen molar-refractivity contribution in [3.63, 3.8) is 0 Å². The molecule has 2 amide bonds. The van der Waals surface area contributed by atoms with Gasteiger partial charge in [-0.25, -0.2) is 4.39 Å². The van der Waals surface area contributed by atoms with Gasteiger partial charge in [0.25, 0.3) is 5.91 Å². The monoisotopic (exact) mass is 250 g/mol. The van der Waals surface area contributed by atoms with Crippen LogP contribution in [-0.2, 0) is 4.79 Å². The molecular formula is C13H15FN2O2. The summed E-state index contributed by atoms with van der Waals surface area (Å²) in [6.45, 7) is 5.36. The number of benzene rings is 1. The summed E-state index contributed by atoms with van der Waals surface area (Å²) in [5.41, 5.74) is 5.74. The highest BCUT2D eigenvalue weighted by molar-refractivity contribution is 5.97. The normalized spacial score (nSPS) is 11.7. The van der Waals surface area contributed by atoms with E-state index < -0.39 is 23.7 Å². The van der Waals surface area contributed by atoms with Crippen LogP contribution in [0, 0.1) is 5.82 Å². The number of primary amides is 1. The first-order valence-electron chi connectivity index (χ1n) is 5.41. The molecule has 18 heavy (non-hydrogen) atoms. The van der Waals surface area contributed by atoms with Crippen LogP contribution in [-0.4, -0.2) is 17.9 Å². The van der Waals surface area contributed by atoms with Crippen LogP contribution in [0.2, 0.25) is 0 Å². The lowest BCUT2D eigenvalue weighted by molar-refractivity contribution is -0.119. The molecule has 3 N–H and O–H groups in total. The topological polar surface area (TPSA) is 72.2 Å². The van der Waals surface area contributed by atoms with Gasteiger partial charge in [-0.2, -0.15) is 0 Å². The lowest BCUT2D eigenvalue weighted by atomic mass is 10.1. The van der Waals surface area contributed by atoms with E-state index >= 15 is 0 Å². The quantitative estimate of drug-likeness (QED) is 0.775. The van der Waals surface area contributed by atoms with Gasteiger partial charge in [0.2, 0.25) is 5.91 Å². The van der Waals surface area contributed by atoms with E-state index in [4.69, 9.17) is 5.73 Å². The van der Waals surface area contributed by atoms with E-state index in [1.54, 1.807) is 6.92 Å². The molecule has 0 saturated carbocycles. The molecule has 0 radical (unpaired) electrons. The molecule has 0 aliphatic carbocycles. The fourth-order valence-corrected chi connectivity index (χ4v) is 1.45. The number of amides is 2. The fraction of sp³-hybridized carbons (Fsp3) is 0.231. The lowest BCUT2D eigenvalue weighted by Gasteiger charge is -2.15. The predicted molar refractivity (Wildman–Crippen MR) is 66.3 cm³/mol. The molecule has 0 spiro atoms. The summed E-state index contributed by atoms with van der Waals surface area (Å²) in [6.07, 6.45) is 0.232. The van der Waals surface area contributed by atoms with Crippen molar-refractivity contribution in [2.24, 2.45) is 5.73 Å². The van der Waals surface area contributed by atoms with Crippen molar-refractivity contribution in [1.82, 2.24) is 5.32 Å². The maximum atomic E-state index is 13.4. The van der Waals surface area contributed by atoms with E-state index in [0.29, 0.717) is 5.57 Å². The van der Waals surface area contributed by atoms with Gasteiger partial charge in [0.15, 0.2) is 0 Å². The number of hydrogen-bond donors (Lipinski definition) is 2. The van der Waals surface area contributed by atoms with Crippen LogP contribution in [0.3, 0.4) is 0 Å². The highest BCUT2D eigenvalue weighted by atomic mass is 19.1.